The number of benzene rings is 7. The van der Waals surface area contributed by atoms with Crippen LogP contribution in [0, 0.1) is 13.8 Å². The lowest BCUT2D eigenvalue weighted by Crippen LogP contribution is -2.03. The molecule has 0 radical (unpaired) electrons. The van der Waals surface area contributed by atoms with Crippen LogP contribution in [0.1, 0.15) is 226 Å². The lowest BCUT2D eigenvalue weighted by Gasteiger charge is -2.20. The minimum absolute atomic E-state index is 0.804. The predicted octanol–water partition coefficient (Wildman–Crippen LogP) is 25.8. The molecule has 0 atom stereocenters. The molecule has 0 unspecified atom stereocenters. The first-order chi connectivity index (χ1) is 42.3. The Kier molecular flexibility index (Phi) is 23.1. The fourth-order valence-corrected chi connectivity index (χ4v) is 14.2. The molecule has 3 nitrogen and oxygen atoms in total. The molecule has 0 fully saturated rings. The van der Waals surface area contributed by atoms with E-state index in [0.717, 1.165) is 76.8 Å². The van der Waals surface area contributed by atoms with E-state index in [1.54, 1.807) is 0 Å². The number of nitrogens with zero attached hydrogens (tertiary/aromatic N) is 2. The summed E-state index contributed by atoms with van der Waals surface area (Å²) in [7, 11) is 0. The summed E-state index contributed by atoms with van der Waals surface area (Å²) in [4.78, 5) is 11.7. The van der Waals surface area contributed by atoms with Crippen molar-refractivity contribution >= 4 is 65.6 Å². The summed E-state index contributed by atoms with van der Waals surface area (Å²) in [6.07, 6.45) is 39.3. The maximum Gasteiger partial charge on any atom is 0.160 e. The lowest BCUT2D eigenvalue weighted by atomic mass is 9.87. The van der Waals surface area contributed by atoms with Gasteiger partial charge in [0.15, 0.2) is 5.82 Å². The summed E-state index contributed by atoms with van der Waals surface area (Å²) in [6.45, 7) is 13.8. The van der Waals surface area contributed by atoms with Crippen LogP contribution in [0.25, 0.3) is 99.3 Å². The van der Waals surface area contributed by atoms with E-state index in [-0.39, 0.29) is 0 Å². The highest BCUT2D eigenvalue weighted by molar-refractivity contribution is 7.25. The van der Waals surface area contributed by atoms with E-state index in [1.807, 2.05) is 11.3 Å². The van der Waals surface area contributed by atoms with Crippen molar-refractivity contribution in [3.05, 3.63) is 178 Å². The number of rotatable bonds is 34. The predicted molar refractivity (Wildman–Crippen MR) is 377 cm³/mol. The van der Waals surface area contributed by atoms with Crippen molar-refractivity contribution < 1.29 is 4.42 Å². The second-order valence-corrected chi connectivity index (χ2v) is 26.3. The summed E-state index contributed by atoms with van der Waals surface area (Å²) < 4.78 is 8.93. The van der Waals surface area contributed by atoms with Gasteiger partial charge < -0.3 is 4.42 Å². The molecular weight excluding hydrogens is 1060 g/mol. The van der Waals surface area contributed by atoms with Crippen LogP contribution in [0.2, 0.25) is 0 Å². The molecule has 4 heteroatoms. The maximum atomic E-state index is 6.43. The van der Waals surface area contributed by atoms with Gasteiger partial charge in [-0.15, -0.1) is 11.3 Å². The zero-order valence-electron chi connectivity index (χ0n) is 53.4. The molecule has 0 saturated heterocycles. The van der Waals surface area contributed by atoms with Crippen molar-refractivity contribution in [2.75, 3.05) is 0 Å². The van der Waals surface area contributed by atoms with Crippen LogP contribution in [0.5, 0.6) is 0 Å². The van der Waals surface area contributed by atoms with Crippen molar-refractivity contribution in [1.29, 1.82) is 0 Å². The average Bonchev–Trinajstić information content (AvgIpc) is 3.53. The largest absolute Gasteiger partial charge is 0.456 e. The van der Waals surface area contributed by atoms with E-state index in [2.05, 4.69) is 187 Å². The van der Waals surface area contributed by atoms with Crippen molar-refractivity contribution in [2.24, 2.45) is 0 Å². The smallest absolute Gasteiger partial charge is 0.160 e. The van der Waals surface area contributed by atoms with E-state index < -0.39 is 0 Å². The highest BCUT2D eigenvalue weighted by Crippen LogP contribution is 2.43. The van der Waals surface area contributed by atoms with Crippen LogP contribution in [0.4, 0.5) is 0 Å². The molecule has 7 aromatic carbocycles. The second kappa shape index (κ2) is 31.9. The van der Waals surface area contributed by atoms with Crippen LogP contribution in [0.15, 0.2) is 138 Å². The molecule has 0 aliphatic rings. The number of aryl methyl sites for hydroxylation is 6. The van der Waals surface area contributed by atoms with Gasteiger partial charge in [0.05, 0.1) is 11.4 Å². The molecule has 0 saturated carbocycles. The van der Waals surface area contributed by atoms with Crippen molar-refractivity contribution in [2.45, 2.75) is 221 Å². The number of para-hydroxylation sites is 1. The molecule has 0 aliphatic heterocycles. The van der Waals surface area contributed by atoms with Gasteiger partial charge in [-0.25, -0.2) is 9.97 Å². The average molecular weight is 1160 g/mol. The van der Waals surface area contributed by atoms with Crippen molar-refractivity contribution in [1.82, 2.24) is 9.97 Å². The van der Waals surface area contributed by atoms with Gasteiger partial charge in [0.25, 0.3) is 0 Å². The Morgan fingerprint density at radius 2 is 0.826 bits per heavy atom. The van der Waals surface area contributed by atoms with E-state index in [9.17, 15) is 0 Å². The number of hydrogen-bond donors (Lipinski definition) is 0. The Bertz CT molecular complexity index is 3800. The van der Waals surface area contributed by atoms with Crippen LogP contribution in [-0.4, -0.2) is 9.97 Å². The number of furan rings is 1. The molecule has 448 valence electrons. The Morgan fingerprint density at radius 3 is 1.41 bits per heavy atom. The van der Waals surface area contributed by atoms with E-state index in [0.29, 0.717) is 0 Å². The summed E-state index contributed by atoms with van der Waals surface area (Å²) in [5.74, 6) is 0.804. The number of thiophene rings is 1. The van der Waals surface area contributed by atoms with Gasteiger partial charge in [-0.05, 0) is 170 Å². The number of unbranched alkanes of at least 4 members (excludes halogenated alkanes) is 20. The SMILES string of the molecule is CCCCCCCCc1cc(-c2cc(-c3cc(CCCCCCCC)c(-c4ccc(/C=C/c5ccc(C)cc5)cc4)cc3CCCCCCCC)nc(-c3ccc4sc5cc6oc7ccccc7c6cc5c4c3)n2)c(CCCCCCCC)cc1C. The molecule has 10 aromatic rings. The molecule has 0 spiro atoms. The van der Waals surface area contributed by atoms with Crippen LogP contribution in [0.3, 0.4) is 0 Å². The topological polar surface area (TPSA) is 38.9 Å². The zero-order chi connectivity index (χ0) is 59.5. The highest BCUT2D eigenvalue weighted by Gasteiger charge is 2.21. The van der Waals surface area contributed by atoms with Crippen LogP contribution >= 0.6 is 11.3 Å². The van der Waals surface area contributed by atoms with Crippen LogP contribution < -0.4 is 0 Å². The molecular formula is C82H98N2OS. The zero-order valence-corrected chi connectivity index (χ0v) is 54.2. The number of fused-ring (bicyclic) bond motifs is 6. The quantitative estimate of drug-likeness (QED) is 0.0298. The molecule has 0 aliphatic carbocycles. The minimum atomic E-state index is 0.804. The fraction of sp³-hybridized carbons (Fsp3) is 0.415. The summed E-state index contributed by atoms with van der Waals surface area (Å²) in [5, 5.41) is 4.83. The third-order valence-corrected chi connectivity index (χ3v) is 19.5. The molecule has 86 heavy (non-hydrogen) atoms. The summed E-state index contributed by atoms with van der Waals surface area (Å²) in [5.41, 5.74) is 21.2. The van der Waals surface area contributed by atoms with Crippen molar-refractivity contribution in [3.8, 4) is 45.0 Å². The van der Waals surface area contributed by atoms with Gasteiger partial charge in [-0.1, -0.05) is 253 Å². The Morgan fingerprint density at radius 1 is 0.360 bits per heavy atom. The number of hydrogen-bond acceptors (Lipinski definition) is 4. The molecule has 0 N–H and O–H groups in total. The first kappa shape index (κ1) is 62.4. The normalized spacial score (nSPS) is 11.9. The van der Waals surface area contributed by atoms with Crippen LogP contribution in [-0.2, 0) is 25.7 Å². The van der Waals surface area contributed by atoms with Gasteiger partial charge in [0.1, 0.15) is 11.2 Å². The Balaban J connectivity index is 1.14. The summed E-state index contributed by atoms with van der Waals surface area (Å²) in [6, 6.07) is 51.0. The first-order valence-corrected chi connectivity index (χ1v) is 34.9. The maximum absolute atomic E-state index is 6.43. The van der Waals surface area contributed by atoms with Gasteiger partial charge in [0.2, 0.25) is 0 Å². The minimum Gasteiger partial charge on any atom is -0.456 e. The van der Waals surface area contributed by atoms with Gasteiger partial charge in [0, 0.05) is 47.6 Å². The second-order valence-electron chi connectivity index (χ2n) is 25.3. The van der Waals surface area contributed by atoms with Gasteiger partial charge in [-0.3, -0.25) is 0 Å². The van der Waals surface area contributed by atoms with E-state index in [1.165, 1.54) is 235 Å². The molecule has 0 amide bonds. The molecule has 3 heterocycles. The van der Waals surface area contributed by atoms with Gasteiger partial charge >= 0.3 is 0 Å². The van der Waals surface area contributed by atoms with Crippen molar-refractivity contribution in [3.63, 3.8) is 0 Å². The first-order valence-electron chi connectivity index (χ1n) is 34.1. The monoisotopic (exact) mass is 1160 g/mol. The van der Waals surface area contributed by atoms with E-state index >= 15 is 0 Å². The highest BCUT2D eigenvalue weighted by atomic mass is 32.1. The third kappa shape index (κ3) is 16.3. The summed E-state index contributed by atoms with van der Waals surface area (Å²) >= 11 is 1.85. The van der Waals surface area contributed by atoms with Gasteiger partial charge in [-0.2, -0.15) is 0 Å². The molecule has 0 bridgehead atoms. The number of aromatic nitrogens is 2. The Labute approximate surface area is 521 Å². The standard InChI is InChI=1S/C82H98N2OS/c1-7-11-15-19-23-27-33-64-52-71(65(51-60(64)6)34-28-24-20-16-12-8-2)76-57-77(84-82(83-76)68-49-50-80-74(55-68)75-56-73-69-37-31-32-38-78(69)85-79(73)58-81(75)86-80)72-54-66(35-29-25-21-17-13-9-3)70(53-67(72)36-30-26-22-18-14-10-4)63-47-45-62(46-48-63)44-43-61-41-39-59(5)40-42-61/h31-32,37-58H,7-30,33-36H2,1-6H3/b44-43+. The molecule has 3 aromatic heterocycles. The van der Waals surface area contributed by atoms with E-state index in [4.69, 9.17) is 14.4 Å². The molecule has 10 rings (SSSR count). The third-order valence-electron chi connectivity index (χ3n) is 18.4. The fourth-order valence-electron chi connectivity index (χ4n) is 13.2. The lowest BCUT2D eigenvalue weighted by molar-refractivity contribution is 0.605. The Hall–Kier alpha value is -6.62.